The number of ether oxygens (including phenoxy) is 1. The molecule has 1 aliphatic rings. The van der Waals surface area contributed by atoms with E-state index in [4.69, 9.17) is 9.84 Å². The van der Waals surface area contributed by atoms with Crippen LogP contribution in [0.5, 0.6) is 0 Å². The van der Waals surface area contributed by atoms with E-state index < -0.39 is 12.1 Å². The maximum Gasteiger partial charge on any atom is 0.413 e. The van der Waals surface area contributed by atoms with Crippen LogP contribution in [0.25, 0.3) is 11.1 Å². The molecule has 1 heterocycles. The monoisotopic (exact) mass is 395 g/mol. The van der Waals surface area contributed by atoms with Gasteiger partial charge in [-0.2, -0.15) is 0 Å². The van der Waals surface area contributed by atoms with Crippen LogP contribution in [0, 0.1) is 0 Å². The van der Waals surface area contributed by atoms with E-state index in [9.17, 15) is 9.59 Å². The van der Waals surface area contributed by atoms with Gasteiger partial charge in [-0.15, -0.1) is 10.2 Å². The van der Waals surface area contributed by atoms with E-state index in [0.29, 0.717) is 5.01 Å². The Balaban J connectivity index is 1.40. The fourth-order valence-corrected chi connectivity index (χ4v) is 4.07. The normalized spacial score (nSPS) is 12.3. The average Bonchev–Trinajstić information content (AvgIpc) is 3.27. The number of aryl methyl sites for hydroxylation is 1. The molecular weight excluding hydrogens is 378 g/mol. The fraction of sp³-hybridized carbons (Fsp3) is 0.200. The second-order valence-corrected chi connectivity index (χ2v) is 7.41. The average molecular weight is 395 g/mol. The van der Waals surface area contributed by atoms with Crippen LogP contribution in [0.1, 0.15) is 28.5 Å². The summed E-state index contributed by atoms with van der Waals surface area (Å²) in [7, 11) is 0. The number of nitrogens with zero attached hydrogens (tertiary/aromatic N) is 2. The maximum absolute atomic E-state index is 12.2. The highest BCUT2D eigenvalue weighted by molar-refractivity contribution is 7.15. The standard InChI is InChI=1S/C20H17N3O4S/c24-18(25)10-9-17-22-23-19(28-17)21-20(26)27-11-16-14-7-3-1-5-12(14)13-6-2-4-8-15(13)16/h1-8,16H,9-11H2,(H,24,25)(H,21,23,26). The molecule has 0 bridgehead atoms. The third-order valence-corrected chi connectivity index (χ3v) is 5.47. The Kier molecular flexibility index (Phi) is 5.03. The number of amides is 1. The molecule has 1 amide bonds. The second kappa shape index (κ2) is 7.77. The Hall–Kier alpha value is -3.26. The summed E-state index contributed by atoms with van der Waals surface area (Å²) in [6, 6.07) is 16.2. The third kappa shape index (κ3) is 3.72. The zero-order valence-corrected chi connectivity index (χ0v) is 15.6. The summed E-state index contributed by atoms with van der Waals surface area (Å²) >= 11 is 1.14. The highest BCUT2D eigenvalue weighted by Gasteiger charge is 2.29. The number of carboxylic acids is 1. The van der Waals surface area contributed by atoms with Crippen molar-refractivity contribution in [3.05, 3.63) is 64.7 Å². The molecule has 0 radical (unpaired) electrons. The van der Waals surface area contributed by atoms with Crippen molar-refractivity contribution >= 4 is 28.5 Å². The van der Waals surface area contributed by atoms with E-state index in [1.807, 2.05) is 24.3 Å². The van der Waals surface area contributed by atoms with Crippen LogP contribution in [0.4, 0.5) is 9.93 Å². The first-order valence-electron chi connectivity index (χ1n) is 8.78. The molecule has 4 rings (SSSR count). The minimum Gasteiger partial charge on any atom is -0.481 e. The van der Waals surface area contributed by atoms with Crippen molar-refractivity contribution in [3.63, 3.8) is 0 Å². The Morgan fingerprint density at radius 2 is 1.68 bits per heavy atom. The minimum atomic E-state index is -0.902. The zero-order chi connectivity index (χ0) is 19.5. The van der Waals surface area contributed by atoms with Crippen LogP contribution >= 0.6 is 11.3 Å². The van der Waals surface area contributed by atoms with Crippen LogP contribution in [0.2, 0.25) is 0 Å². The number of fused-ring (bicyclic) bond motifs is 3. The van der Waals surface area contributed by atoms with Gasteiger partial charge >= 0.3 is 12.1 Å². The molecule has 142 valence electrons. The number of hydrogen-bond donors (Lipinski definition) is 2. The van der Waals surface area contributed by atoms with Gasteiger partial charge < -0.3 is 9.84 Å². The maximum atomic E-state index is 12.2. The number of aromatic nitrogens is 2. The van der Waals surface area contributed by atoms with Gasteiger partial charge in [0.2, 0.25) is 5.13 Å². The lowest BCUT2D eigenvalue weighted by Crippen LogP contribution is -2.17. The van der Waals surface area contributed by atoms with E-state index in [0.717, 1.165) is 22.5 Å². The van der Waals surface area contributed by atoms with Crippen LogP contribution < -0.4 is 5.32 Å². The largest absolute Gasteiger partial charge is 0.481 e. The molecule has 2 aromatic carbocycles. The molecule has 0 saturated heterocycles. The number of nitrogens with one attached hydrogen (secondary N) is 1. The number of carboxylic acid groups (broad SMARTS) is 1. The molecule has 0 unspecified atom stereocenters. The predicted molar refractivity (Wildman–Crippen MR) is 105 cm³/mol. The van der Waals surface area contributed by atoms with E-state index in [1.54, 1.807) is 0 Å². The Bertz CT molecular complexity index is 988. The van der Waals surface area contributed by atoms with Crippen molar-refractivity contribution in [2.24, 2.45) is 0 Å². The van der Waals surface area contributed by atoms with Gasteiger partial charge in [0.1, 0.15) is 11.6 Å². The summed E-state index contributed by atoms with van der Waals surface area (Å²) in [5.41, 5.74) is 4.62. The summed E-state index contributed by atoms with van der Waals surface area (Å²) in [5, 5.41) is 19.8. The van der Waals surface area contributed by atoms with Crippen LogP contribution in [0.15, 0.2) is 48.5 Å². The van der Waals surface area contributed by atoms with Crippen molar-refractivity contribution in [2.45, 2.75) is 18.8 Å². The summed E-state index contributed by atoms with van der Waals surface area (Å²) in [5.74, 6) is -0.917. The van der Waals surface area contributed by atoms with E-state index in [2.05, 4.69) is 39.8 Å². The van der Waals surface area contributed by atoms with Gasteiger partial charge in [-0.3, -0.25) is 10.1 Å². The molecule has 2 N–H and O–H groups in total. The van der Waals surface area contributed by atoms with Gasteiger partial charge in [-0.1, -0.05) is 59.9 Å². The molecule has 1 aliphatic carbocycles. The smallest absolute Gasteiger partial charge is 0.413 e. The molecule has 0 atom stereocenters. The van der Waals surface area contributed by atoms with Crippen molar-refractivity contribution in [3.8, 4) is 11.1 Å². The molecule has 0 aliphatic heterocycles. The number of benzene rings is 2. The van der Waals surface area contributed by atoms with Gasteiger partial charge in [0, 0.05) is 12.3 Å². The van der Waals surface area contributed by atoms with Gasteiger partial charge in [0.25, 0.3) is 0 Å². The number of carbonyl (C=O) groups excluding carboxylic acids is 1. The molecule has 28 heavy (non-hydrogen) atoms. The van der Waals surface area contributed by atoms with Crippen molar-refractivity contribution in [1.29, 1.82) is 0 Å². The Morgan fingerprint density at radius 3 is 2.32 bits per heavy atom. The van der Waals surface area contributed by atoms with Gasteiger partial charge in [0.15, 0.2) is 0 Å². The quantitative estimate of drug-likeness (QED) is 0.656. The lowest BCUT2D eigenvalue weighted by atomic mass is 9.98. The summed E-state index contributed by atoms with van der Waals surface area (Å²) < 4.78 is 5.45. The number of carbonyl (C=O) groups is 2. The van der Waals surface area contributed by atoms with Crippen molar-refractivity contribution in [2.75, 3.05) is 11.9 Å². The fourth-order valence-electron chi connectivity index (χ4n) is 3.34. The van der Waals surface area contributed by atoms with E-state index in [-0.39, 0.29) is 30.5 Å². The third-order valence-electron chi connectivity index (χ3n) is 4.57. The predicted octanol–water partition coefficient (Wildman–Crippen LogP) is 3.92. The molecular formula is C20H17N3O4S. The number of anilines is 1. The Morgan fingerprint density at radius 1 is 1.04 bits per heavy atom. The van der Waals surface area contributed by atoms with Gasteiger partial charge in [-0.05, 0) is 22.3 Å². The van der Waals surface area contributed by atoms with Crippen molar-refractivity contribution < 1.29 is 19.4 Å². The lowest BCUT2D eigenvalue weighted by molar-refractivity contribution is -0.136. The van der Waals surface area contributed by atoms with Gasteiger partial charge in [0.05, 0.1) is 6.42 Å². The lowest BCUT2D eigenvalue weighted by Gasteiger charge is -2.13. The second-order valence-electron chi connectivity index (χ2n) is 6.35. The number of aliphatic carboxylic acids is 1. The summed E-state index contributed by atoms with van der Waals surface area (Å²) in [6.45, 7) is 0.213. The van der Waals surface area contributed by atoms with Gasteiger partial charge in [-0.25, -0.2) is 4.79 Å². The van der Waals surface area contributed by atoms with E-state index in [1.165, 1.54) is 11.1 Å². The topological polar surface area (TPSA) is 101 Å². The number of hydrogen-bond acceptors (Lipinski definition) is 6. The summed E-state index contributed by atoms with van der Waals surface area (Å²) in [4.78, 5) is 22.8. The zero-order valence-electron chi connectivity index (χ0n) is 14.8. The van der Waals surface area contributed by atoms with Crippen molar-refractivity contribution in [1.82, 2.24) is 10.2 Å². The highest BCUT2D eigenvalue weighted by Crippen LogP contribution is 2.44. The molecule has 1 aromatic heterocycles. The molecule has 0 spiro atoms. The first kappa shape index (κ1) is 18.1. The molecule has 0 fully saturated rings. The molecule has 0 saturated carbocycles. The first-order valence-corrected chi connectivity index (χ1v) is 9.59. The summed E-state index contributed by atoms with van der Waals surface area (Å²) in [6.07, 6.45) is -0.360. The van der Waals surface area contributed by atoms with Crippen LogP contribution in [-0.4, -0.2) is 34.0 Å². The first-order chi connectivity index (χ1) is 13.6. The van der Waals surface area contributed by atoms with E-state index >= 15 is 0 Å². The minimum absolute atomic E-state index is 0.0151. The molecule has 7 nitrogen and oxygen atoms in total. The van der Waals surface area contributed by atoms with Crippen LogP contribution in [0.3, 0.4) is 0 Å². The molecule has 8 heteroatoms. The SMILES string of the molecule is O=C(O)CCc1nnc(NC(=O)OCC2c3ccccc3-c3ccccc32)s1. The Labute approximate surface area is 165 Å². The molecule has 3 aromatic rings. The highest BCUT2D eigenvalue weighted by atomic mass is 32.1. The van der Waals surface area contributed by atoms with Crippen LogP contribution in [-0.2, 0) is 16.0 Å². The number of rotatable bonds is 6.